The van der Waals surface area contributed by atoms with Crippen molar-refractivity contribution in [1.29, 1.82) is 0 Å². The van der Waals surface area contributed by atoms with E-state index in [9.17, 15) is 0 Å². The molecule has 0 aliphatic rings. The Hall–Kier alpha value is -4.19. The first kappa shape index (κ1) is 28.3. The van der Waals surface area contributed by atoms with Gasteiger partial charge in [0, 0.05) is 0 Å². The summed E-state index contributed by atoms with van der Waals surface area (Å²) in [5.41, 5.74) is 0. The van der Waals surface area contributed by atoms with Crippen molar-refractivity contribution in [2.75, 3.05) is 0 Å². The van der Waals surface area contributed by atoms with Crippen molar-refractivity contribution < 1.29 is 10.3 Å². The molecule has 0 heterocycles. The van der Waals surface area contributed by atoms with Gasteiger partial charge in [-0.05, 0) is 0 Å². The van der Waals surface area contributed by atoms with E-state index in [1.807, 2.05) is 36.4 Å². The Morgan fingerprint density at radius 2 is 0.439 bits per heavy atom. The number of carbonyl (C=O) groups is 1. The first-order valence-corrected chi connectivity index (χ1v) is 17.7. The summed E-state index contributed by atoms with van der Waals surface area (Å²) in [5, 5.41) is 7.00. The average Bonchev–Trinajstić information content (AvgIpc) is 3.05. The van der Waals surface area contributed by atoms with Crippen molar-refractivity contribution in [2.45, 2.75) is 0 Å². The van der Waals surface area contributed by atoms with E-state index in [0.29, 0.717) is 5.27 Å². The van der Waals surface area contributed by atoms with Crippen molar-refractivity contribution in [3.05, 3.63) is 182 Å². The predicted octanol–water partition coefficient (Wildman–Crippen LogP) is 5.73. The number of hydrogen-bond donors (Lipinski definition) is 0. The molecular weight excluding hydrogens is 538 g/mol. The molecule has 204 valence electrons. The van der Waals surface area contributed by atoms with E-state index >= 15 is 4.79 Å². The molecule has 0 aliphatic carbocycles. The zero-order valence-corrected chi connectivity index (χ0v) is 24.7. The summed E-state index contributed by atoms with van der Waals surface area (Å²) in [7, 11) is -6.58. The molecule has 0 bridgehead atoms. The third kappa shape index (κ3) is 4.86. The predicted molar refractivity (Wildman–Crippen MR) is 182 cm³/mol. The van der Waals surface area contributed by atoms with Crippen molar-refractivity contribution in [3.8, 4) is 0 Å². The summed E-state index contributed by atoms with van der Waals surface area (Å²) >= 11 is 0. The first-order chi connectivity index (χ1) is 19.8. The van der Waals surface area contributed by atoms with Crippen LogP contribution in [0.2, 0.25) is 0 Å². The number of benzene rings is 6. The van der Waals surface area contributed by atoms with Gasteiger partial charge in [0.05, 0.1) is 0 Å². The van der Waals surface area contributed by atoms with Crippen LogP contribution in [0, 0.1) is 0 Å². The molecule has 0 spiro atoms. The van der Waals surface area contributed by atoms with Crippen molar-refractivity contribution >= 4 is 51.6 Å². The molecule has 0 amide bonds. The van der Waals surface area contributed by atoms with Gasteiger partial charge in [0.2, 0.25) is 0 Å². The Morgan fingerprint density at radius 3 is 0.585 bits per heavy atom. The van der Waals surface area contributed by atoms with Gasteiger partial charge in [-0.3, -0.25) is 0 Å². The number of hydrogen-bond acceptors (Lipinski definition) is 1. The average molecular weight is 573 g/mol. The normalized spacial score (nSPS) is 12.1. The monoisotopic (exact) mass is 572 g/mol. The van der Waals surface area contributed by atoms with Crippen LogP contribution >= 0.6 is 14.5 Å². The number of carbonyl (C=O) groups excluding carboxylic acids is 1. The minimum absolute atomic E-state index is 0. The molecule has 0 atom stereocenters. The molecule has 2 N–H and O–H groups in total. The minimum atomic E-state index is -3.29. The van der Waals surface area contributed by atoms with Gasteiger partial charge < -0.3 is 5.48 Å². The second kappa shape index (κ2) is 12.5. The summed E-state index contributed by atoms with van der Waals surface area (Å²) in [4.78, 5) is 16.4. The van der Waals surface area contributed by atoms with Gasteiger partial charge >= 0.3 is 238 Å². The third-order valence-electron chi connectivity index (χ3n) is 7.92. The van der Waals surface area contributed by atoms with Gasteiger partial charge in [-0.25, -0.2) is 0 Å². The van der Waals surface area contributed by atoms with Crippen LogP contribution < -0.4 is 31.8 Å². The van der Waals surface area contributed by atoms with Crippen molar-refractivity contribution in [1.82, 2.24) is 0 Å². The molecule has 0 radical (unpaired) electrons. The molecule has 6 aromatic carbocycles. The Kier molecular flexibility index (Phi) is 8.67. The van der Waals surface area contributed by atoms with Gasteiger partial charge in [-0.1, -0.05) is 0 Å². The fourth-order valence-electron chi connectivity index (χ4n) is 6.20. The van der Waals surface area contributed by atoms with Gasteiger partial charge in [0.1, 0.15) is 0 Å². The van der Waals surface area contributed by atoms with Crippen molar-refractivity contribution in [2.24, 2.45) is 0 Å². The molecule has 0 aromatic heterocycles. The third-order valence-corrected chi connectivity index (χ3v) is 18.7. The van der Waals surface area contributed by atoms with Crippen LogP contribution in [0.25, 0.3) is 0 Å². The molecule has 41 heavy (non-hydrogen) atoms. The number of rotatable bonds is 8. The molecule has 6 aromatic rings. The van der Waals surface area contributed by atoms with E-state index in [-0.39, 0.29) is 5.48 Å². The van der Waals surface area contributed by atoms with Crippen LogP contribution in [-0.2, 0) is 0 Å². The van der Waals surface area contributed by atoms with Gasteiger partial charge in [0.15, 0.2) is 0 Å². The van der Waals surface area contributed by atoms with Gasteiger partial charge in [-0.2, -0.15) is 0 Å². The molecule has 2 nitrogen and oxygen atoms in total. The Balaban J connectivity index is 0.00000337. The van der Waals surface area contributed by atoms with E-state index < -0.39 is 14.5 Å². The summed E-state index contributed by atoms with van der Waals surface area (Å²) in [5.74, 6) is 0. The Labute approximate surface area is 243 Å². The summed E-state index contributed by atoms with van der Waals surface area (Å²) in [6.07, 6.45) is 0. The van der Waals surface area contributed by atoms with E-state index in [2.05, 4.69) is 146 Å². The zero-order chi connectivity index (χ0) is 27.3. The Bertz CT molecular complexity index is 1360. The van der Waals surface area contributed by atoms with E-state index in [0.717, 1.165) is 31.8 Å². The fourth-order valence-corrected chi connectivity index (χ4v) is 18.8. The SMILES string of the molecule is O.O=C([PH](c1ccccc1)(c1ccccc1)c1ccccc1)[PH](c1ccccc1)(c1ccccc1)c1ccccc1. The molecule has 0 aliphatic heterocycles. The Morgan fingerprint density at radius 1 is 0.293 bits per heavy atom. The van der Waals surface area contributed by atoms with E-state index in [1.54, 1.807) is 0 Å². The summed E-state index contributed by atoms with van der Waals surface area (Å²) < 4.78 is 0. The van der Waals surface area contributed by atoms with E-state index in [4.69, 9.17) is 0 Å². The molecular formula is C37H34O2P2. The molecule has 0 saturated carbocycles. The first-order valence-electron chi connectivity index (χ1n) is 13.7. The summed E-state index contributed by atoms with van der Waals surface area (Å²) in [6.45, 7) is 0. The van der Waals surface area contributed by atoms with Crippen LogP contribution in [0.1, 0.15) is 0 Å². The fraction of sp³-hybridized carbons (Fsp3) is 0. The maximum absolute atomic E-state index is 16.4. The maximum atomic E-state index is 16.4. The second-order valence-electron chi connectivity index (χ2n) is 10.0. The van der Waals surface area contributed by atoms with Crippen LogP contribution in [-0.4, -0.2) is 10.7 Å². The molecule has 0 fully saturated rings. The quantitative estimate of drug-likeness (QED) is 0.215. The van der Waals surface area contributed by atoms with Crippen LogP contribution in [0.3, 0.4) is 0 Å². The topological polar surface area (TPSA) is 48.6 Å². The van der Waals surface area contributed by atoms with E-state index in [1.165, 1.54) is 0 Å². The van der Waals surface area contributed by atoms with Crippen LogP contribution in [0.5, 0.6) is 0 Å². The standard InChI is InChI=1S/C37H32OP2.H2O/c38-37(39(31-19-7-1-8-20-31,32-21-9-2-10-22-32)33-23-11-3-12-24-33)40(34-25-13-4-14-26-34,35-27-15-5-16-28-35)36-29-17-6-18-30-36;/h1-30,39-40H;1H2. The molecule has 6 rings (SSSR count). The van der Waals surface area contributed by atoms with Gasteiger partial charge in [0.25, 0.3) is 0 Å². The summed E-state index contributed by atoms with van der Waals surface area (Å²) in [6, 6.07) is 63.2. The zero-order valence-electron chi connectivity index (χ0n) is 22.7. The van der Waals surface area contributed by atoms with Crippen molar-refractivity contribution in [3.63, 3.8) is 0 Å². The van der Waals surface area contributed by atoms with Crippen LogP contribution in [0.4, 0.5) is 4.79 Å². The molecule has 0 saturated heterocycles. The second-order valence-corrected chi connectivity index (χ2v) is 17.9. The molecule has 0 unspecified atom stereocenters. The van der Waals surface area contributed by atoms with Gasteiger partial charge in [-0.15, -0.1) is 0 Å². The molecule has 4 heteroatoms. The van der Waals surface area contributed by atoms with Crippen LogP contribution in [0.15, 0.2) is 182 Å².